The fourth-order valence-corrected chi connectivity index (χ4v) is 2.15. The molecule has 0 aromatic heterocycles. The highest BCUT2D eigenvalue weighted by Gasteiger charge is 2.32. The minimum Gasteiger partial charge on any atom is -0.493 e. The molecule has 2 aromatic carbocycles. The Morgan fingerprint density at radius 1 is 1.04 bits per heavy atom. The van der Waals surface area contributed by atoms with Crippen LogP contribution in [0.1, 0.15) is 15.9 Å². The predicted octanol–water partition coefficient (Wildman–Crippen LogP) is 4.53. The number of hydrogen-bond donors (Lipinski definition) is 1. The van der Waals surface area contributed by atoms with Crippen molar-refractivity contribution in [2.45, 2.75) is 6.18 Å². The molecule has 0 aliphatic rings. The Balaban J connectivity index is 2.14. The topological polar surface area (TPSA) is 47.6 Å². The van der Waals surface area contributed by atoms with Gasteiger partial charge in [0.05, 0.1) is 25.5 Å². The van der Waals surface area contributed by atoms with Crippen molar-refractivity contribution < 1.29 is 27.4 Å². The summed E-state index contributed by atoms with van der Waals surface area (Å²) in [6.45, 7) is 0. The van der Waals surface area contributed by atoms with Crippen LogP contribution in [0.2, 0.25) is 0 Å². The van der Waals surface area contributed by atoms with Gasteiger partial charge in [-0.05, 0) is 30.3 Å². The summed E-state index contributed by atoms with van der Waals surface area (Å²) in [4.78, 5) is 12.1. The quantitative estimate of drug-likeness (QED) is 0.614. The lowest BCUT2D eigenvalue weighted by Crippen LogP contribution is -2.08. The van der Waals surface area contributed by atoms with Gasteiger partial charge >= 0.3 is 6.18 Å². The Morgan fingerprint density at radius 3 is 2.36 bits per heavy atom. The van der Waals surface area contributed by atoms with Crippen molar-refractivity contribution in [3.05, 3.63) is 65.9 Å². The molecule has 4 nitrogen and oxygen atoms in total. The normalized spacial score (nSPS) is 11.4. The Morgan fingerprint density at radius 2 is 1.72 bits per heavy atom. The van der Waals surface area contributed by atoms with E-state index in [1.807, 2.05) is 0 Å². The maximum Gasteiger partial charge on any atom is 0.418 e. The zero-order valence-electron chi connectivity index (χ0n) is 13.6. The van der Waals surface area contributed by atoms with E-state index in [0.717, 1.165) is 12.1 Å². The first-order chi connectivity index (χ1) is 11.9. The second-order valence-electron chi connectivity index (χ2n) is 4.96. The molecule has 0 saturated carbocycles. The average Bonchev–Trinajstić information content (AvgIpc) is 2.60. The lowest BCUT2D eigenvalue weighted by molar-refractivity contribution is -0.136. The zero-order valence-corrected chi connectivity index (χ0v) is 13.6. The summed E-state index contributed by atoms with van der Waals surface area (Å²) in [7, 11) is 2.92. The van der Waals surface area contributed by atoms with Crippen molar-refractivity contribution in [3.63, 3.8) is 0 Å². The number of halogens is 3. The smallest absolute Gasteiger partial charge is 0.418 e. The molecule has 0 bridgehead atoms. The number of anilines is 1. The van der Waals surface area contributed by atoms with Crippen LogP contribution < -0.4 is 14.8 Å². The monoisotopic (exact) mass is 351 g/mol. The second-order valence-corrected chi connectivity index (χ2v) is 4.96. The summed E-state index contributed by atoms with van der Waals surface area (Å²) in [5, 5.41) is 2.49. The van der Waals surface area contributed by atoms with Gasteiger partial charge in [-0.2, -0.15) is 13.2 Å². The van der Waals surface area contributed by atoms with E-state index in [1.165, 1.54) is 50.8 Å². The number of nitrogens with one attached hydrogen (secondary N) is 1. The molecular weight excluding hydrogens is 335 g/mol. The SMILES string of the molecule is COc1ccc(C(=O)/C=C/Nc2ccccc2C(F)(F)F)cc1OC. The summed E-state index contributed by atoms with van der Waals surface area (Å²) < 4.78 is 48.9. The number of allylic oxidation sites excluding steroid dienone is 1. The molecule has 0 radical (unpaired) electrons. The van der Waals surface area contributed by atoms with Crippen LogP contribution in [0.25, 0.3) is 0 Å². The van der Waals surface area contributed by atoms with E-state index in [1.54, 1.807) is 6.07 Å². The van der Waals surface area contributed by atoms with Crippen molar-refractivity contribution in [2.24, 2.45) is 0 Å². The highest BCUT2D eigenvalue weighted by atomic mass is 19.4. The standard InChI is InChI=1S/C18H16F3NO3/c1-24-16-8-7-12(11-17(16)25-2)15(23)9-10-22-14-6-4-3-5-13(14)18(19,20)21/h3-11,22H,1-2H3/b10-9+. The van der Waals surface area contributed by atoms with E-state index in [4.69, 9.17) is 9.47 Å². The van der Waals surface area contributed by atoms with Gasteiger partial charge in [0.2, 0.25) is 0 Å². The van der Waals surface area contributed by atoms with Gasteiger partial charge in [0.15, 0.2) is 17.3 Å². The number of methoxy groups -OCH3 is 2. The van der Waals surface area contributed by atoms with E-state index in [9.17, 15) is 18.0 Å². The van der Waals surface area contributed by atoms with E-state index < -0.39 is 17.5 Å². The maximum atomic E-state index is 12.9. The molecule has 1 N–H and O–H groups in total. The van der Waals surface area contributed by atoms with Crippen LogP contribution in [0.15, 0.2) is 54.7 Å². The van der Waals surface area contributed by atoms with E-state index >= 15 is 0 Å². The number of carbonyl (C=O) groups excluding carboxylic acids is 1. The molecule has 0 amide bonds. The van der Waals surface area contributed by atoms with Gasteiger partial charge in [0, 0.05) is 17.8 Å². The van der Waals surface area contributed by atoms with Crippen LogP contribution in [0.3, 0.4) is 0 Å². The van der Waals surface area contributed by atoms with Crippen LogP contribution in [0, 0.1) is 0 Å². The molecule has 132 valence electrons. The van der Waals surface area contributed by atoms with Crippen molar-refractivity contribution >= 4 is 11.5 Å². The molecule has 0 fully saturated rings. The molecule has 2 aromatic rings. The van der Waals surface area contributed by atoms with Crippen LogP contribution in [-0.4, -0.2) is 20.0 Å². The molecule has 0 aliphatic carbocycles. The summed E-state index contributed by atoms with van der Waals surface area (Å²) >= 11 is 0. The van der Waals surface area contributed by atoms with Crippen LogP contribution in [0.5, 0.6) is 11.5 Å². The van der Waals surface area contributed by atoms with Gasteiger partial charge in [-0.15, -0.1) is 0 Å². The number of alkyl halides is 3. The lowest BCUT2D eigenvalue weighted by atomic mass is 10.1. The molecular formula is C18H16F3NO3. The third kappa shape index (κ3) is 4.53. The van der Waals surface area contributed by atoms with Crippen molar-refractivity contribution in [3.8, 4) is 11.5 Å². The molecule has 0 saturated heterocycles. The largest absolute Gasteiger partial charge is 0.493 e. The summed E-state index contributed by atoms with van der Waals surface area (Å²) in [5.41, 5.74) is -0.621. The lowest BCUT2D eigenvalue weighted by Gasteiger charge is -2.12. The molecule has 0 spiro atoms. The first-order valence-electron chi connectivity index (χ1n) is 7.22. The van der Waals surface area contributed by atoms with Gasteiger partial charge in [-0.3, -0.25) is 4.79 Å². The van der Waals surface area contributed by atoms with E-state index in [0.29, 0.717) is 17.1 Å². The number of hydrogen-bond acceptors (Lipinski definition) is 4. The molecule has 7 heteroatoms. The third-order valence-corrected chi connectivity index (χ3v) is 3.37. The number of benzene rings is 2. The highest BCUT2D eigenvalue weighted by Crippen LogP contribution is 2.34. The van der Waals surface area contributed by atoms with Crippen LogP contribution >= 0.6 is 0 Å². The predicted molar refractivity (Wildman–Crippen MR) is 88.1 cm³/mol. The maximum absolute atomic E-state index is 12.9. The molecule has 2 rings (SSSR count). The second kappa shape index (κ2) is 7.74. The minimum absolute atomic E-state index is 0.133. The van der Waals surface area contributed by atoms with Gasteiger partial charge in [-0.25, -0.2) is 0 Å². The number of carbonyl (C=O) groups is 1. The Kier molecular flexibility index (Phi) is 5.69. The molecule has 25 heavy (non-hydrogen) atoms. The average molecular weight is 351 g/mol. The number of rotatable bonds is 6. The number of ether oxygens (including phenoxy) is 2. The fourth-order valence-electron chi connectivity index (χ4n) is 2.15. The van der Waals surface area contributed by atoms with Crippen molar-refractivity contribution in [1.82, 2.24) is 0 Å². The zero-order chi connectivity index (χ0) is 18.4. The molecule has 0 unspecified atom stereocenters. The fraction of sp³-hybridized carbons (Fsp3) is 0.167. The minimum atomic E-state index is -4.48. The van der Waals surface area contributed by atoms with Gasteiger partial charge in [0.25, 0.3) is 0 Å². The van der Waals surface area contributed by atoms with Crippen molar-refractivity contribution in [2.75, 3.05) is 19.5 Å². The van der Waals surface area contributed by atoms with Gasteiger partial charge in [0.1, 0.15) is 0 Å². The van der Waals surface area contributed by atoms with Gasteiger partial charge < -0.3 is 14.8 Å². The molecule has 0 heterocycles. The molecule has 0 atom stereocenters. The van der Waals surface area contributed by atoms with Crippen LogP contribution in [-0.2, 0) is 6.18 Å². The van der Waals surface area contributed by atoms with Crippen LogP contribution in [0.4, 0.5) is 18.9 Å². The highest BCUT2D eigenvalue weighted by molar-refractivity contribution is 6.05. The van der Waals surface area contributed by atoms with Gasteiger partial charge in [-0.1, -0.05) is 12.1 Å². The van der Waals surface area contributed by atoms with E-state index in [-0.39, 0.29) is 5.69 Å². The first kappa shape index (κ1) is 18.4. The van der Waals surface area contributed by atoms with Crippen molar-refractivity contribution in [1.29, 1.82) is 0 Å². The Hall–Kier alpha value is -2.96. The Bertz CT molecular complexity index is 785. The summed E-state index contributed by atoms with van der Waals surface area (Å²) in [5.74, 6) is 0.468. The number of ketones is 1. The Labute approximate surface area is 142 Å². The van der Waals surface area contributed by atoms with E-state index in [2.05, 4.69) is 5.32 Å². The summed E-state index contributed by atoms with van der Waals surface area (Å²) in [6.07, 6.45) is -2.16. The molecule has 0 aliphatic heterocycles. The first-order valence-corrected chi connectivity index (χ1v) is 7.22. The third-order valence-electron chi connectivity index (χ3n) is 3.37. The number of para-hydroxylation sites is 1. The summed E-state index contributed by atoms with van der Waals surface area (Å²) in [6, 6.07) is 9.63.